The highest BCUT2D eigenvalue weighted by Crippen LogP contribution is 2.39. The molecular weight excluding hydrogens is 228 g/mol. The average molecular weight is 242 g/mol. The Morgan fingerprint density at radius 3 is 2.65 bits per heavy atom. The van der Waals surface area contributed by atoms with E-state index in [1.165, 1.54) is 13.0 Å². The fourth-order valence-corrected chi connectivity index (χ4v) is 1.95. The van der Waals surface area contributed by atoms with Crippen LogP contribution in [0.3, 0.4) is 0 Å². The van der Waals surface area contributed by atoms with E-state index in [9.17, 15) is 20.1 Å². The molecule has 0 saturated carbocycles. The predicted molar refractivity (Wildman–Crippen MR) is 55.4 cm³/mol. The summed E-state index contributed by atoms with van der Waals surface area (Å²) < 4.78 is 9.97. The van der Waals surface area contributed by atoms with Crippen LogP contribution in [0, 0.1) is 0 Å². The van der Waals surface area contributed by atoms with Crippen molar-refractivity contribution in [2.75, 3.05) is 0 Å². The van der Waals surface area contributed by atoms with Crippen LogP contribution in [0.25, 0.3) is 0 Å². The number of esters is 1. The summed E-state index contributed by atoms with van der Waals surface area (Å²) in [6.07, 6.45) is -0.364. The Hall–Kier alpha value is -1.37. The molecule has 4 atom stereocenters. The number of cyclic esters (lactones) is 1. The molecule has 0 aliphatic carbocycles. The molecule has 4 unspecified atom stereocenters. The molecule has 0 bridgehead atoms. The lowest BCUT2D eigenvalue weighted by Crippen LogP contribution is -2.45. The molecule has 0 aromatic carbocycles. The van der Waals surface area contributed by atoms with Crippen LogP contribution in [0.1, 0.15) is 13.8 Å². The minimum atomic E-state index is -1.90. The summed E-state index contributed by atoms with van der Waals surface area (Å²) in [6, 6.07) is 0. The molecule has 0 aromatic rings. The topological polar surface area (TPSA) is 96.2 Å². The van der Waals surface area contributed by atoms with Gasteiger partial charge in [0.15, 0.2) is 5.76 Å². The largest absolute Gasteiger partial charge is 0.480 e. The molecule has 3 N–H and O–H groups in total. The van der Waals surface area contributed by atoms with Crippen LogP contribution in [0.5, 0.6) is 0 Å². The van der Waals surface area contributed by atoms with Crippen molar-refractivity contribution in [3.8, 4) is 0 Å². The first-order chi connectivity index (χ1) is 7.88. The maximum atomic E-state index is 11.4. The third kappa shape index (κ3) is 1.74. The molecule has 2 rings (SSSR count). The highest BCUT2D eigenvalue weighted by molar-refractivity contribution is 5.93. The van der Waals surface area contributed by atoms with Gasteiger partial charge in [0.05, 0.1) is 0 Å². The van der Waals surface area contributed by atoms with E-state index in [0.717, 1.165) is 0 Å². The van der Waals surface area contributed by atoms with E-state index in [1.807, 2.05) is 0 Å². The van der Waals surface area contributed by atoms with Crippen molar-refractivity contribution in [2.45, 2.75) is 37.9 Å². The smallest absolute Gasteiger partial charge is 0.343 e. The molecular formula is C11H14O6. The van der Waals surface area contributed by atoms with Crippen molar-refractivity contribution in [1.29, 1.82) is 0 Å². The lowest BCUT2D eigenvalue weighted by molar-refractivity contribution is -0.187. The van der Waals surface area contributed by atoms with Crippen LogP contribution < -0.4 is 0 Å². The Labute approximate surface area is 97.8 Å². The van der Waals surface area contributed by atoms with Crippen LogP contribution in [0.4, 0.5) is 0 Å². The second kappa shape index (κ2) is 3.83. The normalized spacial score (nSPS) is 41.5. The number of allylic oxidation sites excluding steroid dienone is 1. The number of aliphatic hydroxyl groups excluding tert-OH is 2. The van der Waals surface area contributed by atoms with Gasteiger partial charge in [0.1, 0.15) is 23.9 Å². The van der Waals surface area contributed by atoms with Gasteiger partial charge in [0, 0.05) is 6.92 Å². The summed E-state index contributed by atoms with van der Waals surface area (Å²) in [7, 11) is 0. The fraction of sp³-hybridized carbons (Fsp3) is 0.545. The highest BCUT2D eigenvalue weighted by Gasteiger charge is 2.53. The first-order valence-electron chi connectivity index (χ1n) is 5.24. The quantitative estimate of drug-likeness (QED) is 0.411. The molecule has 0 aromatic heterocycles. The van der Waals surface area contributed by atoms with Gasteiger partial charge in [-0.15, -0.1) is 0 Å². The first kappa shape index (κ1) is 12.1. The molecule has 0 amide bonds. The van der Waals surface area contributed by atoms with E-state index in [0.29, 0.717) is 0 Å². The van der Waals surface area contributed by atoms with Crippen molar-refractivity contribution in [1.82, 2.24) is 0 Å². The third-order valence-corrected chi connectivity index (χ3v) is 2.77. The van der Waals surface area contributed by atoms with Gasteiger partial charge in [0.25, 0.3) is 5.79 Å². The van der Waals surface area contributed by atoms with E-state index >= 15 is 0 Å². The van der Waals surface area contributed by atoms with Gasteiger partial charge in [0.2, 0.25) is 0 Å². The van der Waals surface area contributed by atoms with Crippen molar-refractivity contribution < 1.29 is 29.6 Å². The zero-order chi connectivity index (χ0) is 12.8. The molecule has 6 nitrogen and oxygen atoms in total. The van der Waals surface area contributed by atoms with Crippen molar-refractivity contribution in [3.63, 3.8) is 0 Å². The molecule has 2 aliphatic rings. The predicted octanol–water partition coefficient (Wildman–Crippen LogP) is -0.798. The maximum absolute atomic E-state index is 11.4. The second-order valence-corrected chi connectivity index (χ2v) is 4.16. The molecule has 2 heterocycles. The van der Waals surface area contributed by atoms with E-state index < -0.39 is 30.1 Å². The highest BCUT2D eigenvalue weighted by atomic mass is 16.7. The number of aliphatic hydroxyl groups is 3. The summed E-state index contributed by atoms with van der Waals surface area (Å²) in [5, 5.41) is 29.4. The maximum Gasteiger partial charge on any atom is 0.343 e. The zero-order valence-corrected chi connectivity index (χ0v) is 9.45. The minimum Gasteiger partial charge on any atom is -0.480 e. The molecule has 94 valence electrons. The van der Waals surface area contributed by atoms with Crippen LogP contribution in [0.15, 0.2) is 23.5 Å². The number of carbonyl (C=O) groups excluding carboxylic acids is 1. The Kier molecular flexibility index (Phi) is 2.73. The van der Waals surface area contributed by atoms with Gasteiger partial charge in [-0.2, -0.15) is 0 Å². The van der Waals surface area contributed by atoms with E-state index in [-0.39, 0.29) is 11.3 Å². The second-order valence-electron chi connectivity index (χ2n) is 4.16. The summed E-state index contributed by atoms with van der Waals surface area (Å²) in [5.74, 6) is -2.91. The van der Waals surface area contributed by atoms with E-state index in [1.54, 1.807) is 13.0 Å². The Bertz CT molecular complexity index is 408. The molecule has 2 aliphatic heterocycles. The summed E-state index contributed by atoms with van der Waals surface area (Å²) in [6.45, 7) is 2.96. The van der Waals surface area contributed by atoms with Crippen LogP contribution in [-0.2, 0) is 14.3 Å². The lowest BCUT2D eigenvalue weighted by Gasteiger charge is -2.32. The molecule has 0 saturated heterocycles. The standard InChI is InChI=1S/C11H14O6/c1-3-4-5-7(12)8(13)6-9(16-5)11(2,15)17-10(6)14/h3-5,7-8,12-13,15H,1-2H3/b4-3+. The van der Waals surface area contributed by atoms with Gasteiger partial charge >= 0.3 is 5.97 Å². The van der Waals surface area contributed by atoms with Gasteiger partial charge < -0.3 is 24.8 Å². The monoisotopic (exact) mass is 242 g/mol. The van der Waals surface area contributed by atoms with Gasteiger partial charge in [-0.3, -0.25) is 0 Å². The SMILES string of the molecule is C/C=C/C1OC2=C(C(=O)OC2(C)O)C(O)C1O. The van der Waals surface area contributed by atoms with Crippen LogP contribution in [-0.4, -0.2) is 45.4 Å². The minimum absolute atomic E-state index is 0.136. The molecule has 0 radical (unpaired) electrons. The number of carbonyl (C=O) groups is 1. The number of hydrogen-bond acceptors (Lipinski definition) is 6. The van der Waals surface area contributed by atoms with Crippen LogP contribution >= 0.6 is 0 Å². The molecule has 0 fully saturated rings. The zero-order valence-electron chi connectivity index (χ0n) is 9.45. The summed E-state index contributed by atoms with van der Waals surface area (Å²) >= 11 is 0. The molecule has 17 heavy (non-hydrogen) atoms. The lowest BCUT2D eigenvalue weighted by atomic mass is 9.95. The molecule has 6 heteroatoms. The van der Waals surface area contributed by atoms with Crippen molar-refractivity contribution in [3.05, 3.63) is 23.5 Å². The third-order valence-electron chi connectivity index (χ3n) is 2.77. The number of rotatable bonds is 1. The fourth-order valence-electron chi connectivity index (χ4n) is 1.95. The van der Waals surface area contributed by atoms with Gasteiger partial charge in [-0.25, -0.2) is 4.79 Å². The van der Waals surface area contributed by atoms with Crippen molar-refractivity contribution >= 4 is 5.97 Å². The number of hydrogen-bond donors (Lipinski definition) is 3. The molecule has 0 spiro atoms. The Balaban J connectivity index is 2.43. The Morgan fingerprint density at radius 2 is 2.06 bits per heavy atom. The van der Waals surface area contributed by atoms with Crippen LogP contribution in [0.2, 0.25) is 0 Å². The van der Waals surface area contributed by atoms with Gasteiger partial charge in [-0.1, -0.05) is 6.08 Å². The van der Waals surface area contributed by atoms with Crippen molar-refractivity contribution in [2.24, 2.45) is 0 Å². The summed E-state index contributed by atoms with van der Waals surface area (Å²) in [4.78, 5) is 11.4. The Morgan fingerprint density at radius 1 is 1.41 bits per heavy atom. The van der Waals surface area contributed by atoms with E-state index in [2.05, 4.69) is 4.74 Å². The first-order valence-corrected chi connectivity index (χ1v) is 5.24. The summed E-state index contributed by atoms with van der Waals surface area (Å²) in [5.41, 5.74) is -0.219. The van der Waals surface area contributed by atoms with Gasteiger partial charge in [-0.05, 0) is 13.0 Å². The average Bonchev–Trinajstić information content (AvgIpc) is 2.45. The van der Waals surface area contributed by atoms with E-state index in [4.69, 9.17) is 4.74 Å². The number of ether oxygens (including phenoxy) is 2.